The molecule has 0 N–H and O–H groups in total. The fourth-order valence-electron chi connectivity index (χ4n) is 1.24. The van der Waals surface area contributed by atoms with Gasteiger partial charge in [-0.3, -0.25) is 0 Å². The molecule has 1 rings (SSSR count). The Hall–Kier alpha value is -0.580. The summed E-state index contributed by atoms with van der Waals surface area (Å²) in [5, 5.41) is 0. The fourth-order valence-corrected chi connectivity index (χ4v) is 1.70. The Balaban J connectivity index is 3.07. The van der Waals surface area contributed by atoms with E-state index in [0.29, 0.717) is 6.61 Å². The summed E-state index contributed by atoms with van der Waals surface area (Å²) in [4.78, 5) is 10.7. The number of hydrogen-bond donors (Lipinski definition) is 0. The number of hydrogen-bond acceptors (Lipinski definition) is 2. The molecule has 0 aliphatic carbocycles. The monoisotopic (exact) mass is 304 g/mol. The number of ether oxygens (including phenoxy) is 1. The number of benzene rings is 1. The Morgan fingerprint density at radius 2 is 2.29 bits per heavy atom. The summed E-state index contributed by atoms with van der Waals surface area (Å²) in [5.41, 5.74) is 0.960. The Kier molecular flexibility index (Phi) is 4.38. The molecule has 0 spiro atoms. The van der Waals surface area contributed by atoms with E-state index in [4.69, 9.17) is 4.74 Å². The van der Waals surface area contributed by atoms with Crippen molar-refractivity contribution < 1.29 is 9.53 Å². The molecule has 76 valence electrons. The molecule has 0 saturated heterocycles. The minimum atomic E-state index is -0.103. The zero-order chi connectivity index (χ0) is 10.6. The van der Waals surface area contributed by atoms with Gasteiger partial charge in [-0.2, -0.15) is 0 Å². The summed E-state index contributed by atoms with van der Waals surface area (Å²) in [7, 11) is 0. The molecule has 3 heteroatoms. The summed E-state index contributed by atoms with van der Waals surface area (Å²) in [6, 6.07) is 5.89. The lowest BCUT2D eigenvalue weighted by Crippen LogP contribution is -2.01. The lowest BCUT2D eigenvalue weighted by atomic mass is 10.0. The minimum absolute atomic E-state index is 0.103. The van der Waals surface area contributed by atoms with Gasteiger partial charge in [0, 0.05) is 15.1 Å². The molecule has 0 saturated carbocycles. The Bertz CT molecular complexity index is 323. The maximum atomic E-state index is 10.7. The van der Waals surface area contributed by atoms with E-state index >= 15 is 0 Å². The van der Waals surface area contributed by atoms with E-state index in [0.717, 1.165) is 21.2 Å². The largest absolute Gasteiger partial charge is 0.494 e. The van der Waals surface area contributed by atoms with Crippen LogP contribution in [-0.4, -0.2) is 12.9 Å². The molecule has 0 bridgehead atoms. The van der Waals surface area contributed by atoms with Gasteiger partial charge in [0.1, 0.15) is 12.0 Å². The highest BCUT2D eigenvalue weighted by Crippen LogP contribution is 2.27. The molecule has 0 amide bonds. The fraction of sp³-hybridized carbons (Fsp3) is 0.364. The predicted molar refractivity (Wildman–Crippen MR) is 64.8 cm³/mol. The van der Waals surface area contributed by atoms with E-state index in [1.807, 2.05) is 32.0 Å². The highest BCUT2D eigenvalue weighted by atomic mass is 127. The normalized spacial score (nSPS) is 12.2. The number of rotatable bonds is 4. The van der Waals surface area contributed by atoms with E-state index in [-0.39, 0.29) is 5.92 Å². The topological polar surface area (TPSA) is 26.3 Å². The first-order valence-corrected chi connectivity index (χ1v) is 5.64. The van der Waals surface area contributed by atoms with E-state index < -0.39 is 0 Å². The first-order valence-electron chi connectivity index (χ1n) is 4.56. The Morgan fingerprint density at radius 1 is 1.57 bits per heavy atom. The lowest BCUT2D eigenvalue weighted by Gasteiger charge is -2.12. The highest BCUT2D eigenvalue weighted by Gasteiger charge is 2.10. The van der Waals surface area contributed by atoms with Crippen LogP contribution in [0.4, 0.5) is 0 Å². The molecule has 2 nitrogen and oxygen atoms in total. The molecule has 0 radical (unpaired) electrons. The first kappa shape index (κ1) is 11.5. The number of carbonyl (C=O) groups excluding carboxylic acids is 1. The van der Waals surface area contributed by atoms with Gasteiger partial charge in [0.2, 0.25) is 0 Å². The second kappa shape index (κ2) is 5.34. The van der Waals surface area contributed by atoms with Crippen molar-refractivity contribution in [3.05, 3.63) is 27.3 Å². The van der Waals surface area contributed by atoms with Crippen LogP contribution in [0.1, 0.15) is 25.3 Å². The van der Waals surface area contributed by atoms with E-state index in [1.54, 1.807) is 0 Å². The number of carbonyl (C=O) groups is 1. The molecule has 14 heavy (non-hydrogen) atoms. The molecule has 0 aliphatic heterocycles. The molecule has 1 unspecified atom stereocenters. The van der Waals surface area contributed by atoms with Crippen molar-refractivity contribution in [1.29, 1.82) is 0 Å². The van der Waals surface area contributed by atoms with Crippen LogP contribution in [-0.2, 0) is 4.79 Å². The van der Waals surface area contributed by atoms with Gasteiger partial charge >= 0.3 is 0 Å². The standard InChI is InChI=1S/C11H13IO2/c1-3-14-11-6-9(12)4-5-10(11)8(2)7-13/h4-8H,3H2,1-2H3. The summed E-state index contributed by atoms with van der Waals surface area (Å²) in [6.45, 7) is 4.44. The van der Waals surface area contributed by atoms with Crippen molar-refractivity contribution in [2.45, 2.75) is 19.8 Å². The number of aldehydes is 1. The molecule has 1 aromatic carbocycles. The van der Waals surface area contributed by atoms with Gasteiger partial charge in [-0.25, -0.2) is 0 Å². The van der Waals surface area contributed by atoms with Gasteiger partial charge < -0.3 is 9.53 Å². The van der Waals surface area contributed by atoms with Gasteiger partial charge in [0.15, 0.2) is 0 Å². The SMILES string of the molecule is CCOc1cc(I)ccc1C(C)C=O. The van der Waals surface area contributed by atoms with Crippen LogP contribution in [0.3, 0.4) is 0 Å². The van der Waals surface area contributed by atoms with Crippen LogP contribution in [0, 0.1) is 3.57 Å². The van der Waals surface area contributed by atoms with Gasteiger partial charge in [0.05, 0.1) is 6.61 Å². The van der Waals surface area contributed by atoms with Crippen LogP contribution in [0.25, 0.3) is 0 Å². The summed E-state index contributed by atoms with van der Waals surface area (Å²) in [5.74, 6) is 0.715. The second-order valence-electron chi connectivity index (χ2n) is 3.04. The average Bonchev–Trinajstić information content (AvgIpc) is 2.17. The molecule has 0 heterocycles. The summed E-state index contributed by atoms with van der Waals surface area (Å²) in [6.07, 6.45) is 0.935. The van der Waals surface area contributed by atoms with Gasteiger partial charge in [-0.15, -0.1) is 0 Å². The van der Waals surface area contributed by atoms with Crippen molar-refractivity contribution in [2.75, 3.05) is 6.61 Å². The Labute approximate surface area is 97.8 Å². The maximum Gasteiger partial charge on any atom is 0.127 e. The van der Waals surface area contributed by atoms with Crippen molar-refractivity contribution in [3.63, 3.8) is 0 Å². The molecule has 0 aliphatic rings. The van der Waals surface area contributed by atoms with Crippen molar-refractivity contribution in [3.8, 4) is 5.75 Å². The van der Waals surface area contributed by atoms with E-state index in [1.165, 1.54) is 0 Å². The van der Waals surface area contributed by atoms with Crippen LogP contribution < -0.4 is 4.74 Å². The lowest BCUT2D eigenvalue weighted by molar-refractivity contribution is -0.108. The molecule has 0 fully saturated rings. The molecule has 1 atom stereocenters. The van der Waals surface area contributed by atoms with E-state index in [2.05, 4.69) is 22.6 Å². The predicted octanol–water partition coefficient (Wildman–Crippen LogP) is 2.99. The Morgan fingerprint density at radius 3 is 2.86 bits per heavy atom. The smallest absolute Gasteiger partial charge is 0.127 e. The third kappa shape index (κ3) is 2.70. The van der Waals surface area contributed by atoms with Crippen LogP contribution in [0.5, 0.6) is 5.75 Å². The third-order valence-corrected chi connectivity index (χ3v) is 2.64. The summed E-state index contributed by atoms with van der Waals surface area (Å²) < 4.78 is 6.60. The van der Waals surface area contributed by atoms with Gasteiger partial charge in [-0.1, -0.05) is 13.0 Å². The second-order valence-corrected chi connectivity index (χ2v) is 4.29. The zero-order valence-corrected chi connectivity index (χ0v) is 10.4. The molecular formula is C11H13IO2. The number of halogens is 1. The first-order chi connectivity index (χ1) is 6.69. The van der Waals surface area contributed by atoms with Crippen LogP contribution >= 0.6 is 22.6 Å². The van der Waals surface area contributed by atoms with E-state index in [9.17, 15) is 4.79 Å². The highest BCUT2D eigenvalue weighted by molar-refractivity contribution is 14.1. The molecule has 0 aromatic heterocycles. The summed E-state index contributed by atoms with van der Waals surface area (Å²) >= 11 is 2.23. The zero-order valence-electron chi connectivity index (χ0n) is 8.29. The third-order valence-electron chi connectivity index (χ3n) is 1.97. The van der Waals surface area contributed by atoms with Crippen molar-refractivity contribution in [2.24, 2.45) is 0 Å². The quantitative estimate of drug-likeness (QED) is 0.631. The van der Waals surface area contributed by atoms with Crippen LogP contribution in [0.15, 0.2) is 18.2 Å². The minimum Gasteiger partial charge on any atom is -0.494 e. The van der Waals surface area contributed by atoms with Crippen molar-refractivity contribution in [1.82, 2.24) is 0 Å². The van der Waals surface area contributed by atoms with Gasteiger partial charge in [-0.05, 0) is 41.6 Å². The van der Waals surface area contributed by atoms with Gasteiger partial charge in [0.25, 0.3) is 0 Å². The van der Waals surface area contributed by atoms with Crippen LogP contribution in [0.2, 0.25) is 0 Å². The molecular weight excluding hydrogens is 291 g/mol. The average molecular weight is 304 g/mol. The molecule has 1 aromatic rings. The van der Waals surface area contributed by atoms with Crippen molar-refractivity contribution >= 4 is 28.9 Å². The maximum absolute atomic E-state index is 10.7.